The van der Waals surface area contributed by atoms with E-state index >= 15 is 0 Å². The first-order valence-electron chi connectivity index (χ1n) is 8.38. The molecule has 0 radical (unpaired) electrons. The quantitative estimate of drug-likeness (QED) is 0.895. The lowest BCUT2D eigenvalue weighted by atomic mass is 9.99. The number of rotatable bonds is 3. The van der Waals surface area contributed by atoms with Crippen LogP contribution in [-0.2, 0) is 6.18 Å². The Hall–Kier alpha value is -2.64. The predicted octanol–water partition coefficient (Wildman–Crippen LogP) is 3.98. The lowest BCUT2D eigenvalue weighted by Crippen LogP contribution is -2.33. The van der Waals surface area contributed by atoms with Crippen molar-refractivity contribution in [1.29, 1.82) is 0 Å². The van der Waals surface area contributed by atoms with Gasteiger partial charge in [0.15, 0.2) is 0 Å². The number of aromatic nitrogens is 2. The summed E-state index contributed by atoms with van der Waals surface area (Å²) in [4.78, 5) is 22.7. The number of nitrogens with zero attached hydrogens (tertiary/aromatic N) is 3. The third-order valence-electron chi connectivity index (χ3n) is 4.43. The maximum absolute atomic E-state index is 12.7. The summed E-state index contributed by atoms with van der Waals surface area (Å²) in [5.74, 6) is 0.792. The van der Waals surface area contributed by atoms with E-state index in [9.17, 15) is 18.0 Å². The third-order valence-corrected chi connectivity index (χ3v) is 4.43. The first kappa shape index (κ1) is 18.2. The van der Waals surface area contributed by atoms with Crippen molar-refractivity contribution in [2.24, 2.45) is 5.92 Å². The highest BCUT2D eigenvalue weighted by Crippen LogP contribution is 2.30. The molecule has 5 nitrogen and oxygen atoms in total. The molecule has 1 aliphatic heterocycles. The molecule has 1 aromatic heterocycles. The molecule has 1 saturated heterocycles. The first-order chi connectivity index (χ1) is 12.3. The van der Waals surface area contributed by atoms with Crippen molar-refractivity contribution in [3.8, 4) is 0 Å². The molecule has 3 rings (SSSR count). The summed E-state index contributed by atoms with van der Waals surface area (Å²) in [5.41, 5.74) is -0.715. The number of halogens is 3. The Bertz CT molecular complexity index is 769. The minimum absolute atomic E-state index is 0.0524. The molecule has 0 bridgehead atoms. The molecule has 8 heteroatoms. The highest BCUT2D eigenvalue weighted by molar-refractivity contribution is 6.02. The van der Waals surface area contributed by atoms with Crippen molar-refractivity contribution in [3.05, 3.63) is 47.9 Å². The Labute approximate surface area is 149 Å². The van der Waals surface area contributed by atoms with E-state index in [1.165, 1.54) is 24.5 Å². The summed E-state index contributed by atoms with van der Waals surface area (Å²) >= 11 is 0. The highest BCUT2D eigenvalue weighted by Gasteiger charge is 2.30. The Kier molecular flexibility index (Phi) is 5.11. The fourth-order valence-corrected chi connectivity index (χ4v) is 2.81. The molecule has 0 unspecified atom stereocenters. The van der Waals surface area contributed by atoms with Gasteiger partial charge in [0.05, 0.1) is 18.0 Å². The van der Waals surface area contributed by atoms with Gasteiger partial charge in [-0.3, -0.25) is 4.79 Å². The molecular weight excluding hydrogens is 345 g/mol. The molecule has 26 heavy (non-hydrogen) atoms. The van der Waals surface area contributed by atoms with Crippen LogP contribution in [0.4, 0.5) is 24.7 Å². The summed E-state index contributed by atoms with van der Waals surface area (Å²) in [6.45, 7) is 4.00. The number of hydrogen-bond acceptors (Lipinski definition) is 4. The molecule has 1 amide bonds. The second-order valence-corrected chi connectivity index (χ2v) is 6.46. The van der Waals surface area contributed by atoms with E-state index < -0.39 is 17.6 Å². The number of hydrogen-bond donors (Lipinski definition) is 1. The maximum atomic E-state index is 12.7. The predicted molar refractivity (Wildman–Crippen MR) is 92.0 cm³/mol. The Morgan fingerprint density at radius 1 is 1.19 bits per heavy atom. The second-order valence-electron chi connectivity index (χ2n) is 6.46. The van der Waals surface area contributed by atoms with E-state index in [2.05, 4.69) is 27.1 Å². The van der Waals surface area contributed by atoms with Crippen molar-refractivity contribution >= 4 is 17.4 Å². The molecule has 0 spiro atoms. The molecule has 0 atom stereocenters. The van der Waals surface area contributed by atoms with Crippen molar-refractivity contribution < 1.29 is 18.0 Å². The Morgan fingerprint density at radius 3 is 2.54 bits per heavy atom. The number of alkyl halides is 3. The number of piperidine rings is 1. The van der Waals surface area contributed by atoms with Crippen LogP contribution in [-0.4, -0.2) is 29.0 Å². The van der Waals surface area contributed by atoms with Crippen LogP contribution >= 0.6 is 0 Å². The van der Waals surface area contributed by atoms with Crippen LogP contribution < -0.4 is 10.2 Å². The molecule has 1 N–H and O–H groups in total. The molecule has 138 valence electrons. The summed E-state index contributed by atoms with van der Waals surface area (Å²) < 4.78 is 38.2. The van der Waals surface area contributed by atoms with Crippen LogP contribution in [0.2, 0.25) is 0 Å². The van der Waals surface area contributed by atoms with Gasteiger partial charge in [0.1, 0.15) is 11.5 Å². The van der Waals surface area contributed by atoms with Crippen molar-refractivity contribution in [2.75, 3.05) is 23.3 Å². The summed E-state index contributed by atoms with van der Waals surface area (Å²) in [5, 5.41) is 2.42. The van der Waals surface area contributed by atoms with Crippen molar-refractivity contribution in [2.45, 2.75) is 25.9 Å². The molecular formula is C18H19F3N4O. The Balaban J connectivity index is 1.67. The normalized spacial score (nSPS) is 15.8. The molecule has 1 aromatic carbocycles. The van der Waals surface area contributed by atoms with Gasteiger partial charge in [-0.1, -0.05) is 13.0 Å². The minimum Gasteiger partial charge on any atom is -0.355 e. The van der Waals surface area contributed by atoms with Crippen LogP contribution in [0.15, 0.2) is 36.7 Å². The molecule has 2 heterocycles. The molecule has 1 aliphatic rings. The zero-order chi connectivity index (χ0) is 18.7. The van der Waals surface area contributed by atoms with E-state index in [0.29, 0.717) is 11.7 Å². The first-order valence-corrected chi connectivity index (χ1v) is 8.38. The van der Waals surface area contributed by atoms with E-state index in [0.717, 1.165) is 38.1 Å². The highest BCUT2D eigenvalue weighted by atomic mass is 19.4. The minimum atomic E-state index is -4.46. The smallest absolute Gasteiger partial charge is 0.355 e. The fourth-order valence-electron chi connectivity index (χ4n) is 2.81. The number of benzene rings is 1. The van der Waals surface area contributed by atoms with Gasteiger partial charge in [-0.2, -0.15) is 13.2 Å². The van der Waals surface area contributed by atoms with Gasteiger partial charge < -0.3 is 10.2 Å². The van der Waals surface area contributed by atoms with E-state index in [4.69, 9.17) is 0 Å². The van der Waals surface area contributed by atoms with Gasteiger partial charge in [0.25, 0.3) is 5.91 Å². The average molecular weight is 364 g/mol. The van der Waals surface area contributed by atoms with Crippen molar-refractivity contribution in [1.82, 2.24) is 9.97 Å². The number of anilines is 2. The summed E-state index contributed by atoms with van der Waals surface area (Å²) in [6, 6.07) is 4.47. The van der Waals surface area contributed by atoms with Crippen LogP contribution in [0.5, 0.6) is 0 Å². The molecule has 0 saturated carbocycles. The second kappa shape index (κ2) is 7.31. The van der Waals surface area contributed by atoms with E-state index in [-0.39, 0.29) is 11.4 Å². The van der Waals surface area contributed by atoms with E-state index in [1.54, 1.807) is 0 Å². The number of amides is 1. The molecule has 0 aliphatic carbocycles. The number of carbonyl (C=O) groups is 1. The Morgan fingerprint density at radius 2 is 1.92 bits per heavy atom. The largest absolute Gasteiger partial charge is 0.416 e. The third kappa shape index (κ3) is 4.30. The zero-order valence-electron chi connectivity index (χ0n) is 14.3. The van der Waals surface area contributed by atoms with Crippen molar-refractivity contribution in [3.63, 3.8) is 0 Å². The molecule has 1 fully saturated rings. The lowest BCUT2D eigenvalue weighted by Gasteiger charge is -2.30. The van der Waals surface area contributed by atoms with Crippen LogP contribution in [0.25, 0.3) is 0 Å². The zero-order valence-corrected chi connectivity index (χ0v) is 14.3. The van der Waals surface area contributed by atoms with Gasteiger partial charge in [-0.25, -0.2) is 9.97 Å². The van der Waals surface area contributed by atoms with Gasteiger partial charge in [0, 0.05) is 18.8 Å². The number of nitrogens with one attached hydrogen (secondary N) is 1. The monoisotopic (exact) mass is 364 g/mol. The van der Waals surface area contributed by atoms with Gasteiger partial charge in [-0.15, -0.1) is 0 Å². The fraction of sp³-hybridized carbons (Fsp3) is 0.389. The lowest BCUT2D eigenvalue weighted by molar-refractivity contribution is -0.137. The van der Waals surface area contributed by atoms with Crippen LogP contribution in [0, 0.1) is 5.92 Å². The standard InChI is InChI=1S/C18H19F3N4O/c1-12-5-7-25(8-6-12)16-11-22-15(10-23-16)17(26)24-14-4-2-3-13(9-14)18(19,20)21/h2-4,9-12H,5-8H2,1H3,(H,24,26). The van der Waals surface area contributed by atoms with Crippen LogP contribution in [0.1, 0.15) is 35.8 Å². The maximum Gasteiger partial charge on any atom is 0.416 e. The summed E-state index contributed by atoms with van der Waals surface area (Å²) in [7, 11) is 0. The topological polar surface area (TPSA) is 58.1 Å². The number of carbonyl (C=O) groups excluding carboxylic acids is 1. The van der Waals surface area contributed by atoms with Crippen LogP contribution in [0.3, 0.4) is 0 Å². The average Bonchev–Trinajstić information content (AvgIpc) is 2.62. The van der Waals surface area contributed by atoms with Gasteiger partial charge >= 0.3 is 6.18 Å². The summed E-state index contributed by atoms with van der Waals surface area (Å²) in [6.07, 6.45) is 0.570. The SMILES string of the molecule is CC1CCN(c2cnc(C(=O)Nc3cccc(C(F)(F)F)c3)cn2)CC1. The van der Waals surface area contributed by atoms with Gasteiger partial charge in [-0.05, 0) is 37.0 Å². The molecule has 2 aromatic rings. The van der Waals surface area contributed by atoms with Gasteiger partial charge in [0.2, 0.25) is 0 Å². The van der Waals surface area contributed by atoms with E-state index in [1.807, 2.05) is 0 Å².